The molecule has 3 rings (SSSR count). The molecule has 4 nitrogen and oxygen atoms in total. The molecule has 1 saturated heterocycles. The van der Waals surface area contributed by atoms with E-state index in [-0.39, 0.29) is 5.41 Å². The van der Waals surface area contributed by atoms with Crippen molar-refractivity contribution >= 4 is 18.4 Å². The Kier molecular flexibility index (Phi) is 4.13. The van der Waals surface area contributed by atoms with Crippen molar-refractivity contribution < 1.29 is 18.3 Å². The molecule has 2 aromatic carbocycles. The summed E-state index contributed by atoms with van der Waals surface area (Å²) in [7, 11) is -1.81. The Labute approximate surface area is 130 Å². The van der Waals surface area contributed by atoms with Gasteiger partial charge in [-0.15, -0.1) is 0 Å². The molecule has 1 fully saturated rings. The first kappa shape index (κ1) is 15.7. The molecule has 0 spiro atoms. The van der Waals surface area contributed by atoms with Gasteiger partial charge in [0, 0.05) is 18.1 Å². The first-order valence-electron chi connectivity index (χ1n) is 7.34. The monoisotopic (exact) mass is 320 g/mol. The fraction of sp³-hybridized carbons (Fsp3) is 0.412. The highest BCUT2D eigenvalue weighted by Crippen LogP contribution is 2.64. The molecule has 0 saturated carbocycles. The summed E-state index contributed by atoms with van der Waals surface area (Å²) < 4.78 is 30.0. The Bertz CT molecular complexity index is 706. The van der Waals surface area contributed by atoms with E-state index in [2.05, 4.69) is 0 Å². The van der Waals surface area contributed by atoms with Crippen LogP contribution in [0.15, 0.2) is 42.5 Å². The van der Waals surface area contributed by atoms with Crippen LogP contribution in [0.4, 0.5) is 0 Å². The molecule has 0 amide bonds. The predicted molar refractivity (Wildman–Crippen MR) is 87.0 cm³/mol. The van der Waals surface area contributed by atoms with Gasteiger partial charge in [-0.25, -0.2) is 0 Å². The lowest BCUT2D eigenvalue weighted by Crippen LogP contribution is -2.30. The van der Waals surface area contributed by atoms with Gasteiger partial charge in [0.2, 0.25) is 0 Å². The lowest BCUT2D eigenvalue weighted by Gasteiger charge is -2.37. The van der Waals surface area contributed by atoms with Crippen LogP contribution in [0.25, 0.3) is 10.8 Å². The number of methoxy groups -OCH3 is 1. The highest BCUT2D eigenvalue weighted by Gasteiger charge is 2.44. The molecule has 0 aliphatic carbocycles. The average Bonchev–Trinajstić information content (AvgIpc) is 2.52. The van der Waals surface area contributed by atoms with E-state index in [1.807, 2.05) is 56.3 Å². The first-order valence-corrected chi connectivity index (χ1v) is 8.96. The van der Waals surface area contributed by atoms with Crippen LogP contribution < -0.4 is 0 Å². The number of hydrogen-bond acceptors (Lipinski definition) is 4. The minimum atomic E-state index is -3.35. The summed E-state index contributed by atoms with van der Waals surface area (Å²) in [5, 5.41) is 2.08. The SMILES string of the molecule is COC(c1cccc2ccccc12)P1(=O)OCC(C)(C)CO1. The number of fused-ring (bicyclic) bond motifs is 1. The Hall–Kier alpha value is -1.19. The van der Waals surface area contributed by atoms with Crippen LogP contribution in [0.2, 0.25) is 0 Å². The van der Waals surface area contributed by atoms with E-state index in [9.17, 15) is 4.57 Å². The van der Waals surface area contributed by atoms with Crippen LogP contribution in [-0.4, -0.2) is 20.3 Å². The van der Waals surface area contributed by atoms with Crippen LogP contribution in [0.5, 0.6) is 0 Å². The second kappa shape index (κ2) is 5.78. The smallest absolute Gasteiger partial charge is 0.363 e. The molecule has 1 aliphatic rings. The molecular weight excluding hydrogens is 299 g/mol. The van der Waals surface area contributed by atoms with Crippen LogP contribution in [0.3, 0.4) is 0 Å². The molecule has 118 valence electrons. The van der Waals surface area contributed by atoms with Gasteiger partial charge in [0.05, 0.1) is 13.2 Å². The van der Waals surface area contributed by atoms with Crippen molar-refractivity contribution in [3.63, 3.8) is 0 Å². The van der Waals surface area contributed by atoms with Gasteiger partial charge in [0.1, 0.15) is 0 Å². The fourth-order valence-corrected chi connectivity index (χ4v) is 4.86. The van der Waals surface area contributed by atoms with E-state index in [0.29, 0.717) is 13.2 Å². The standard InChI is InChI=1S/C17H21O4P/c1-17(2)11-20-22(18,21-12-17)16(19-3)15-10-6-8-13-7-4-5-9-14(13)15/h4-10,16H,11-12H2,1-3H3. The molecule has 0 N–H and O–H groups in total. The third-order valence-electron chi connectivity index (χ3n) is 3.87. The van der Waals surface area contributed by atoms with Gasteiger partial charge in [-0.1, -0.05) is 56.3 Å². The van der Waals surface area contributed by atoms with Crippen molar-refractivity contribution in [2.75, 3.05) is 20.3 Å². The van der Waals surface area contributed by atoms with Gasteiger partial charge in [0.25, 0.3) is 0 Å². The molecule has 1 unspecified atom stereocenters. The number of rotatable bonds is 3. The van der Waals surface area contributed by atoms with Gasteiger partial charge >= 0.3 is 7.60 Å². The summed E-state index contributed by atoms with van der Waals surface area (Å²) in [6.07, 6.45) is 0. The minimum absolute atomic E-state index is 0.134. The topological polar surface area (TPSA) is 44.8 Å². The van der Waals surface area contributed by atoms with Crippen LogP contribution >= 0.6 is 7.60 Å². The van der Waals surface area contributed by atoms with Crippen LogP contribution in [0.1, 0.15) is 25.3 Å². The van der Waals surface area contributed by atoms with Gasteiger partial charge in [0.15, 0.2) is 5.85 Å². The van der Waals surface area contributed by atoms with Gasteiger partial charge in [-0.3, -0.25) is 4.57 Å². The Morgan fingerprint density at radius 3 is 2.41 bits per heavy atom. The summed E-state index contributed by atoms with van der Waals surface area (Å²) in [4.78, 5) is 0. The third kappa shape index (κ3) is 2.84. The molecule has 2 aromatic rings. The highest BCUT2D eigenvalue weighted by atomic mass is 31.2. The van der Waals surface area contributed by atoms with Crippen LogP contribution in [-0.2, 0) is 18.3 Å². The summed E-state index contributed by atoms with van der Waals surface area (Å²) in [5.74, 6) is -0.713. The first-order chi connectivity index (χ1) is 10.5. The Morgan fingerprint density at radius 1 is 1.09 bits per heavy atom. The predicted octanol–water partition coefficient (Wildman–Crippen LogP) is 4.75. The van der Waals surface area contributed by atoms with E-state index in [0.717, 1.165) is 16.3 Å². The molecule has 1 aliphatic heterocycles. The minimum Gasteiger partial charge on any atom is -0.364 e. The van der Waals surface area contributed by atoms with Gasteiger partial charge in [-0.05, 0) is 10.8 Å². The molecule has 0 radical (unpaired) electrons. The molecule has 0 aromatic heterocycles. The highest BCUT2D eigenvalue weighted by molar-refractivity contribution is 7.54. The molecule has 0 bridgehead atoms. The Morgan fingerprint density at radius 2 is 1.73 bits per heavy atom. The maximum absolute atomic E-state index is 13.1. The fourth-order valence-electron chi connectivity index (χ4n) is 2.64. The van der Waals surface area contributed by atoms with E-state index in [1.165, 1.54) is 0 Å². The number of benzene rings is 2. The van der Waals surface area contributed by atoms with E-state index in [4.69, 9.17) is 13.8 Å². The molecule has 1 atom stereocenters. The third-order valence-corrected chi connectivity index (χ3v) is 5.91. The Balaban J connectivity index is 2.02. The lowest BCUT2D eigenvalue weighted by molar-refractivity contribution is 0.0156. The average molecular weight is 320 g/mol. The summed E-state index contributed by atoms with van der Waals surface area (Å²) in [5.41, 5.74) is 0.703. The van der Waals surface area contributed by atoms with Crippen molar-refractivity contribution in [2.24, 2.45) is 5.41 Å². The zero-order valence-corrected chi connectivity index (χ0v) is 14.0. The van der Waals surface area contributed by atoms with E-state index in [1.54, 1.807) is 7.11 Å². The quantitative estimate of drug-likeness (QED) is 0.766. The maximum Gasteiger partial charge on any atom is 0.363 e. The number of hydrogen-bond donors (Lipinski definition) is 0. The van der Waals surface area contributed by atoms with E-state index < -0.39 is 13.4 Å². The molecule has 5 heteroatoms. The lowest BCUT2D eigenvalue weighted by atomic mass is 9.97. The second-order valence-corrected chi connectivity index (χ2v) is 8.47. The number of ether oxygens (including phenoxy) is 1. The largest absolute Gasteiger partial charge is 0.364 e. The second-order valence-electron chi connectivity index (χ2n) is 6.41. The van der Waals surface area contributed by atoms with Crippen molar-refractivity contribution in [2.45, 2.75) is 19.7 Å². The van der Waals surface area contributed by atoms with Crippen molar-refractivity contribution in [1.29, 1.82) is 0 Å². The summed E-state index contributed by atoms with van der Waals surface area (Å²) >= 11 is 0. The normalized spacial score (nSPS) is 21.6. The van der Waals surface area contributed by atoms with Crippen LogP contribution in [0, 0.1) is 5.41 Å². The maximum atomic E-state index is 13.1. The van der Waals surface area contributed by atoms with Crippen molar-refractivity contribution in [3.8, 4) is 0 Å². The zero-order valence-electron chi connectivity index (χ0n) is 13.1. The van der Waals surface area contributed by atoms with E-state index >= 15 is 0 Å². The summed E-state index contributed by atoms with van der Waals surface area (Å²) in [6, 6.07) is 13.8. The molecule has 22 heavy (non-hydrogen) atoms. The zero-order chi connectivity index (χ0) is 15.8. The van der Waals surface area contributed by atoms with Crippen molar-refractivity contribution in [3.05, 3.63) is 48.0 Å². The molecule has 1 heterocycles. The summed E-state index contributed by atoms with van der Waals surface area (Å²) in [6.45, 7) is 4.84. The van der Waals surface area contributed by atoms with Crippen molar-refractivity contribution in [1.82, 2.24) is 0 Å². The molecular formula is C17H21O4P. The van der Waals surface area contributed by atoms with Gasteiger partial charge < -0.3 is 13.8 Å². The van der Waals surface area contributed by atoms with Gasteiger partial charge in [-0.2, -0.15) is 0 Å².